The van der Waals surface area contributed by atoms with Crippen molar-refractivity contribution < 1.29 is 13.2 Å². The third kappa shape index (κ3) is 3.71. The Bertz CT molecular complexity index is 1150. The van der Waals surface area contributed by atoms with Gasteiger partial charge in [0.1, 0.15) is 0 Å². The Labute approximate surface area is 158 Å². The van der Waals surface area contributed by atoms with Gasteiger partial charge in [-0.25, -0.2) is 18.1 Å². The molecule has 8 heteroatoms. The predicted molar refractivity (Wildman–Crippen MR) is 105 cm³/mol. The normalized spacial score (nSPS) is 11.9. The summed E-state index contributed by atoms with van der Waals surface area (Å²) in [7, 11) is -3.36. The monoisotopic (exact) mass is 386 g/mol. The van der Waals surface area contributed by atoms with Gasteiger partial charge < -0.3 is 5.32 Å². The summed E-state index contributed by atoms with van der Waals surface area (Å²) in [5.74, 6) is -0.331. The molecule has 7 nitrogen and oxygen atoms in total. The second kappa shape index (κ2) is 6.77. The highest BCUT2D eigenvalue weighted by molar-refractivity contribution is 7.90. The minimum Gasteiger partial charge on any atom is -0.322 e. The second-order valence-electron chi connectivity index (χ2n) is 6.93. The van der Waals surface area contributed by atoms with E-state index in [4.69, 9.17) is 0 Å². The van der Waals surface area contributed by atoms with Gasteiger partial charge in [0, 0.05) is 23.7 Å². The van der Waals surface area contributed by atoms with Crippen LogP contribution in [0.3, 0.4) is 0 Å². The zero-order chi connectivity index (χ0) is 19.9. The summed E-state index contributed by atoms with van der Waals surface area (Å²) in [5, 5.41) is 7.83. The van der Waals surface area contributed by atoms with Crippen molar-refractivity contribution in [2.24, 2.45) is 0 Å². The van der Waals surface area contributed by atoms with Gasteiger partial charge in [-0.3, -0.25) is 4.79 Å². The van der Waals surface area contributed by atoms with Gasteiger partial charge in [-0.15, -0.1) is 0 Å². The standard InChI is InChI=1S/C19H22N4O3S/c1-11(2)23-18-16(10-20-23)15(8-13(4)21-18)19(24)22-17-9-14(27(5,25)26)7-6-12(17)3/h6-11H,1-5H3,(H,22,24). The lowest BCUT2D eigenvalue weighted by Crippen LogP contribution is -2.15. The lowest BCUT2D eigenvalue weighted by Gasteiger charge is -2.12. The maximum absolute atomic E-state index is 12.9. The van der Waals surface area contributed by atoms with Crippen LogP contribution in [0.2, 0.25) is 0 Å². The third-order valence-electron chi connectivity index (χ3n) is 4.31. The number of nitrogens with zero attached hydrogens (tertiary/aromatic N) is 3. The van der Waals surface area contributed by atoms with Gasteiger partial charge in [-0.05, 0) is 51.5 Å². The average molecular weight is 386 g/mol. The van der Waals surface area contributed by atoms with Gasteiger partial charge >= 0.3 is 0 Å². The number of sulfone groups is 1. The van der Waals surface area contributed by atoms with Gasteiger partial charge in [-0.1, -0.05) is 6.07 Å². The van der Waals surface area contributed by atoms with E-state index in [-0.39, 0.29) is 16.8 Å². The van der Waals surface area contributed by atoms with Crippen molar-refractivity contribution in [3.8, 4) is 0 Å². The first-order valence-corrected chi connectivity index (χ1v) is 10.4. The van der Waals surface area contributed by atoms with E-state index in [9.17, 15) is 13.2 Å². The molecule has 0 aliphatic heterocycles. The number of aryl methyl sites for hydroxylation is 2. The summed E-state index contributed by atoms with van der Waals surface area (Å²) >= 11 is 0. The summed E-state index contributed by atoms with van der Waals surface area (Å²) < 4.78 is 25.4. The van der Waals surface area contributed by atoms with Crippen LogP contribution < -0.4 is 5.32 Å². The molecule has 0 saturated heterocycles. The topological polar surface area (TPSA) is 94.0 Å². The molecule has 0 aliphatic carbocycles. The van der Waals surface area contributed by atoms with Crippen molar-refractivity contribution in [3.63, 3.8) is 0 Å². The summed E-state index contributed by atoms with van der Waals surface area (Å²) in [5.41, 5.74) is 3.04. The Morgan fingerprint density at radius 1 is 1.19 bits per heavy atom. The van der Waals surface area contributed by atoms with E-state index in [2.05, 4.69) is 15.4 Å². The van der Waals surface area contributed by atoms with Crippen LogP contribution in [0.25, 0.3) is 11.0 Å². The fraction of sp³-hybridized carbons (Fsp3) is 0.316. The third-order valence-corrected chi connectivity index (χ3v) is 5.42. The highest BCUT2D eigenvalue weighted by atomic mass is 32.2. The molecule has 0 saturated carbocycles. The van der Waals surface area contributed by atoms with Crippen molar-refractivity contribution in [3.05, 3.63) is 47.3 Å². The molecule has 0 fully saturated rings. The van der Waals surface area contributed by atoms with Crippen LogP contribution in [-0.2, 0) is 9.84 Å². The van der Waals surface area contributed by atoms with E-state index in [0.717, 1.165) is 11.8 Å². The van der Waals surface area contributed by atoms with Crippen molar-refractivity contribution in [2.75, 3.05) is 11.6 Å². The number of amides is 1. The smallest absolute Gasteiger partial charge is 0.256 e. The lowest BCUT2D eigenvalue weighted by atomic mass is 10.1. The number of rotatable bonds is 4. The molecule has 0 radical (unpaired) electrons. The molecular formula is C19H22N4O3S. The molecule has 0 bridgehead atoms. The van der Waals surface area contributed by atoms with Gasteiger partial charge in [0.05, 0.1) is 22.0 Å². The highest BCUT2D eigenvalue weighted by Crippen LogP contribution is 2.24. The number of pyridine rings is 1. The molecule has 2 aromatic heterocycles. The number of hydrogen-bond acceptors (Lipinski definition) is 5. The van der Waals surface area contributed by atoms with Gasteiger partial charge in [0.2, 0.25) is 0 Å². The number of hydrogen-bond donors (Lipinski definition) is 1. The molecule has 2 heterocycles. The summed E-state index contributed by atoms with van der Waals surface area (Å²) in [6.07, 6.45) is 2.77. The average Bonchev–Trinajstić information content (AvgIpc) is 2.98. The largest absolute Gasteiger partial charge is 0.322 e. The number of carbonyl (C=O) groups is 1. The summed E-state index contributed by atoms with van der Waals surface area (Å²) in [6, 6.07) is 6.50. The minimum absolute atomic E-state index is 0.112. The molecule has 27 heavy (non-hydrogen) atoms. The van der Waals surface area contributed by atoms with Crippen LogP contribution in [-0.4, -0.2) is 35.3 Å². The first-order valence-electron chi connectivity index (χ1n) is 8.55. The van der Waals surface area contributed by atoms with E-state index in [1.165, 1.54) is 12.1 Å². The quantitative estimate of drug-likeness (QED) is 0.742. The zero-order valence-electron chi connectivity index (χ0n) is 15.9. The molecule has 3 rings (SSSR count). The van der Waals surface area contributed by atoms with Gasteiger partial charge in [-0.2, -0.15) is 5.10 Å². The van der Waals surface area contributed by atoms with Crippen molar-refractivity contribution in [1.29, 1.82) is 0 Å². The summed E-state index contributed by atoms with van der Waals surface area (Å²) in [6.45, 7) is 7.63. The number of nitrogens with one attached hydrogen (secondary N) is 1. The Morgan fingerprint density at radius 3 is 2.52 bits per heavy atom. The van der Waals surface area contributed by atoms with Crippen LogP contribution in [0.1, 0.15) is 41.5 Å². The van der Waals surface area contributed by atoms with Gasteiger partial charge in [0.25, 0.3) is 5.91 Å². The fourth-order valence-electron chi connectivity index (χ4n) is 2.87. The van der Waals surface area contributed by atoms with E-state index < -0.39 is 9.84 Å². The number of anilines is 1. The lowest BCUT2D eigenvalue weighted by molar-refractivity contribution is 0.102. The predicted octanol–water partition coefficient (Wildman–Crippen LogP) is 3.28. The molecule has 142 valence electrons. The second-order valence-corrected chi connectivity index (χ2v) is 8.95. The van der Waals surface area contributed by atoms with Crippen molar-refractivity contribution in [1.82, 2.24) is 14.8 Å². The molecule has 0 aliphatic rings. The van der Waals surface area contributed by atoms with Crippen LogP contribution in [0.4, 0.5) is 5.69 Å². The van der Waals surface area contributed by atoms with Crippen molar-refractivity contribution in [2.45, 2.75) is 38.6 Å². The number of fused-ring (bicyclic) bond motifs is 1. The Morgan fingerprint density at radius 2 is 1.89 bits per heavy atom. The molecule has 3 aromatic rings. The molecule has 1 aromatic carbocycles. The maximum atomic E-state index is 12.9. The van der Waals surface area contributed by atoms with Crippen LogP contribution in [0.15, 0.2) is 35.4 Å². The van der Waals surface area contributed by atoms with Crippen LogP contribution in [0.5, 0.6) is 0 Å². The fourth-order valence-corrected chi connectivity index (χ4v) is 3.51. The van der Waals surface area contributed by atoms with Gasteiger partial charge in [0.15, 0.2) is 15.5 Å². The van der Waals surface area contributed by atoms with Crippen LogP contribution >= 0.6 is 0 Å². The highest BCUT2D eigenvalue weighted by Gasteiger charge is 2.18. The molecule has 0 atom stereocenters. The molecule has 1 amide bonds. The number of carbonyl (C=O) groups excluding carboxylic acids is 1. The number of aromatic nitrogens is 3. The first kappa shape index (κ1) is 19.0. The van der Waals surface area contributed by atoms with Crippen molar-refractivity contribution >= 4 is 32.5 Å². The summed E-state index contributed by atoms with van der Waals surface area (Å²) in [4.78, 5) is 17.6. The molecule has 1 N–H and O–H groups in total. The van der Waals surface area contributed by atoms with E-state index >= 15 is 0 Å². The van der Waals surface area contributed by atoms with E-state index in [1.54, 1.807) is 23.0 Å². The molecule has 0 unspecified atom stereocenters. The maximum Gasteiger partial charge on any atom is 0.256 e. The Kier molecular flexibility index (Phi) is 4.77. The molecular weight excluding hydrogens is 364 g/mol. The number of benzene rings is 1. The van der Waals surface area contributed by atoms with E-state index in [1.807, 2.05) is 27.7 Å². The first-order chi connectivity index (χ1) is 12.6. The Balaban J connectivity index is 2.05. The SMILES string of the molecule is Cc1cc(C(=O)Nc2cc(S(C)(=O)=O)ccc2C)c2cnn(C(C)C)c2n1. The van der Waals surface area contributed by atoms with E-state index in [0.29, 0.717) is 28.0 Å². The molecule has 0 spiro atoms. The zero-order valence-corrected chi connectivity index (χ0v) is 16.8. The Hall–Kier alpha value is -2.74. The van der Waals surface area contributed by atoms with Crippen LogP contribution in [0, 0.1) is 13.8 Å². The minimum atomic E-state index is -3.36.